The average Bonchev–Trinajstić information content (AvgIpc) is 2.87. The minimum atomic E-state index is -8.99. The van der Waals surface area contributed by atoms with Crippen LogP contribution in [0.3, 0.4) is 0 Å². The molecule has 0 aliphatic heterocycles. The Morgan fingerprint density at radius 3 is 1.02 bits per heavy atom. The zero-order chi connectivity index (χ0) is 34.8. The van der Waals surface area contributed by atoms with E-state index in [0.29, 0.717) is 48.5 Å². The maximum atomic E-state index is 14.5. The van der Waals surface area contributed by atoms with Crippen LogP contribution in [0.2, 0.25) is 0 Å². The zero-order valence-electron chi connectivity index (χ0n) is 19.8. The Bertz CT molecular complexity index is 1390. The van der Waals surface area contributed by atoms with Crippen LogP contribution in [0.15, 0.2) is 48.5 Å². The predicted octanol–water partition coefficient (Wildman–Crippen LogP) is 8.74. The van der Waals surface area contributed by atoms with Crippen LogP contribution in [-0.2, 0) is 12.6 Å². The van der Waals surface area contributed by atoms with Gasteiger partial charge in [-0.1, -0.05) is 0 Å². The second-order valence-corrected chi connectivity index (χ2v) is 14.6. The summed E-state index contributed by atoms with van der Waals surface area (Å²) in [5.41, 5.74) is 0. The Kier molecular flexibility index (Phi) is 9.67. The molecule has 44 heavy (non-hydrogen) atoms. The van der Waals surface area contributed by atoms with Crippen molar-refractivity contribution >= 4 is 30.4 Å². The molecule has 0 heterocycles. The standard InChI is InChI=1S/C20H8F19IO3S/c21-9-1-5-11(6-2-9)40(12-7-3-10(22)4-8-12)43-44(41,42)20(38,39)18(33,34)16(29,30)14(25,26)13(23,24)15(27,28)17(31,32)19(35,36)37/h1-8H. The van der Waals surface area contributed by atoms with Crippen molar-refractivity contribution in [1.82, 2.24) is 0 Å². The molecule has 0 saturated carbocycles. The molecular weight excluding hydrogens is 808 g/mol. The molecule has 0 bridgehead atoms. The van der Waals surface area contributed by atoms with Crippen molar-refractivity contribution in [3.8, 4) is 0 Å². The first-order valence-corrected chi connectivity index (χ1v) is 14.7. The van der Waals surface area contributed by atoms with E-state index in [0.717, 1.165) is 0 Å². The molecule has 0 radical (unpaired) electrons. The summed E-state index contributed by atoms with van der Waals surface area (Å²) in [4.78, 5) is 0. The molecule has 2 aromatic carbocycles. The maximum absolute atomic E-state index is 14.5. The number of benzene rings is 2. The third-order valence-electron chi connectivity index (χ3n) is 5.16. The van der Waals surface area contributed by atoms with Crippen LogP contribution in [0.5, 0.6) is 0 Å². The third kappa shape index (κ3) is 5.65. The molecule has 0 unspecified atom stereocenters. The van der Waals surface area contributed by atoms with Gasteiger partial charge in [0.25, 0.3) is 0 Å². The minimum absolute atomic E-state index is 0.458. The Morgan fingerprint density at radius 1 is 0.455 bits per heavy atom. The van der Waals surface area contributed by atoms with E-state index in [1.807, 2.05) is 0 Å². The van der Waals surface area contributed by atoms with Crippen molar-refractivity contribution in [2.24, 2.45) is 0 Å². The number of alkyl halides is 17. The van der Waals surface area contributed by atoms with E-state index in [2.05, 4.69) is 2.51 Å². The van der Waals surface area contributed by atoms with Crippen molar-refractivity contribution < 1.29 is 94.3 Å². The monoisotopic (exact) mass is 816 g/mol. The fraction of sp³-hybridized carbons (Fsp3) is 0.400. The quantitative estimate of drug-likeness (QED) is 0.169. The first-order valence-electron chi connectivity index (χ1n) is 10.2. The molecular formula is C20H8F19IO3S. The molecule has 252 valence electrons. The second-order valence-electron chi connectivity index (χ2n) is 8.10. The van der Waals surface area contributed by atoms with E-state index in [4.69, 9.17) is 0 Å². The Morgan fingerprint density at radius 2 is 0.727 bits per heavy atom. The topological polar surface area (TPSA) is 43.4 Å². The van der Waals surface area contributed by atoms with Crippen LogP contribution in [0.4, 0.5) is 83.4 Å². The van der Waals surface area contributed by atoms with Gasteiger partial charge in [-0.15, -0.1) is 0 Å². The van der Waals surface area contributed by atoms with Gasteiger partial charge in [0.05, 0.1) is 0 Å². The molecule has 2 rings (SSSR count). The molecule has 0 aliphatic rings. The van der Waals surface area contributed by atoms with Crippen molar-refractivity contribution in [2.75, 3.05) is 0 Å². The summed E-state index contributed by atoms with van der Waals surface area (Å²) in [6, 6.07) is 3.95. The fourth-order valence-corrected chi connectivity index (χ4v) is 9.64. The molecule has 0 saturated heterocycles. The molecule has 0 spiro atoms. The van der Waals surface area contributed by atoms with Gasteiger partial charge in [0, 0.05) is 0 Å². The SMILES string of the molecule is O=S(=O)(OI(c1ccc(F)cc1)c1ccc(F)cc1)C(F)(F)C(F)(F)C(F)(F)C(F)(F)C(F)(F)C(F)(F)C(F)(F)C(F)(F)F. The molecule has 0 atom stereocenters. The Balaban J connectivity index is 2.69. The number of hydrogen-bond donors (Lipinski definition) is 0. The first kappa shape index (κ1) is 37.9. The van der Waals surface area contributed by atoms with Gasteiger partial charge in [-0.2, -0.15) is 0 Å². The normalized spacial score (nSPS) is 15.4. The van der Waals surface area contributed by atoms with E-state index >= 15 is 0 Å². The number of hydrogen-bond acceptors (Lipinski definition) is 3. The molecule has 0 N–H and O–H groups in total. The van der Waals surface area contributed by atoms with Crippen LogP contribution < -0.4 is 0 Å². The molecule has 3 nitrogen and oxygen atoms in total. The van der Waals surface area contributed by atoms with Crippen LogP contribution >= 0.6 is 20.2 Å². The summed E-state index contributed by atoms with van der Waals surface area (Å²) in [7, 11) is -7.88. The Labute approximate surface area is 239 Å². The van der Waals surface area contributed by atoms with Crippen LogP contribution in [0, 0.1) is 18.8 Å². The van der Waals surface area contributed by atoms with Gasteiger partial charge in [0.1, 0.15) is 0 Å². The molecule has 2 aromatic rings. The Hall–Kier alpha value is -2.25. The van der Waals surface area contributed by atoms with Gasteiger partial charge in [-0.25, -0.2) is 0 Å². The zero-order valence-corrected chi connectivity index (χ0v) is 22.8. The van der Waals surface area contributed by atoms with Crippen molar-refractivity contribution in [1.29, 1.82) is 0 Å². The van der Waals surface area contributed by atoms with Gasteiger partial charge in [-0.3, -0.25) is 0 Å². The first-order chi connectivity index (χ1) is 19.3. The summed E-state index contributed by atoms with van der Waals surface area (Å²) < 4.78 is 283. The van der Waals surface area contributed by atoms with E-state index in [9.17, 15) is 91.8 Å². The number of rotatable bonds is 11. The van der Waals surface area contributed by atoms with Gasteiger partial charge < -0.3 is 0 Å². The molecule has 0 aromatic heterocycles. The van der Waals surface area contributed by atoms with Gasteiger partial charge in [0.2, 0.25) is 0 Å². The van der Waals surface area contributed by atoms with Crippen molar-refractivity contribution in [2.45, 2.75) is 47.0 Å². The fourth-order valence-electron chi connectivity index (χ4n) is 2.72. The summed E-state index contributed by atoms with van der Waals surface area (Å²) in [5, 5.41) is -7.89. The van der Waals surface area contributed by atoms with E-state index in [1.54, 1.807) is 0 Å². The van der Waals surface area contributed by atoms with Gasteiger partial charge >= 0.3 is 239 Å². The van der Waals surface area contributed by atoms with Crippen LogP contribution in [0.1, 0.15) is 0 Å². The predicted molar refractivity (Wildman–Crippen MR) is 115 cm³/mol. The van der Waals surface area contributed by atoms with E-state index in [1.165, 1.54) is 0 Å². The van der Waals surface area contributed by atoms with Gasteiger partial charge in [0.15, 0.2) is 0 Å². The summed E-state index contributed by atoms with van der Waals surface area (Å²) >= 11 is -4.88. The van der Waals surface area contributed by atoms with Crippen LogP contribution in [-0.4, -0.2) is 55.4 Å². The molecule has 0 amide bonds. The summed E-state index contributed by atoms with van der Waals surface area (Å²) in [6.45, 7) is 0. The van der Waals surface area contributed by atoms with Crippen LogP contribution in [0.25, 0.3) is 0 Å². The van der Waals surface area contributed by atoms with E-state index in [-0.39, 0.29) is 0 Å². The molecule has 0 fully saturated rings. The van der Waals surface area contributed by atoms with E-state index < -0.39 is 96.1 Å². The number of halogens is 20. The van der Waals surface area contributed by atoms with Crippen molar-refractivity contribution in [3.05, 3.63) is 67.3 Å². The average molecular weight is 816 g/mol. The summed E-state index contributed by atoms with van der Waals surface area (Å²) in [6.07, 6.45) is -7.95. The second kappa shape index (κ2) is 11.2. The van der Waals surface area contributed by atoms with Gasteiger partial charge in [-0.05, 0) is 0 Å². The summed E-state index contributed by atoms with van der Waals surface area (Å²) in [5.74, 6) is -54.8. The molecule has 0 aliphatic carbocycles. The van der Waals surface area contributed by atoms with Crippen molar-refractivity contribution in [3.63, 3.8) is 0 Å². The molecule has 24 heteroatoms. The third-order valence-corrected chi connectivity index (χ3v) is 12.5.